The van der Waals surface area contributed by atoms with Crippen molar-refractivity contribution in [1.29, 1.82) is 0 Å². The molecule has 0 unspecified atom stereocenters. The third-order valence-electron chi connectivity index (χ3n) is 7.85. The summed E-state index contributed by atoms with van der Waals surface area (Å²) in [6.07, 6.45) is 6.53. The van der Waals surface area contributed by atoms with Gasteiger partial charge >= 0.3 is 0 Å². The normalized spacial score (nSPS) is 13.0. The van der Waals surface area contributed by atoms with Gasteiger partial charge in [-0.2, -0.15) is 10.2 Å². The number of hydrogen-bond acceptors (Lipinski definition) is 7. The Labute approximate surface area is 257 Å². The molecule has 0 amide bonds. The molecule has 43 heavy (non-hydrogen) atoms. The van der Waals surface area contributed by atoms with E-state index in [0.29, 0.717) is 29.4 Å². The fraction of sp³-hybridized carbons (Fsp3) is 0.433. The van der Waals surface area contributed by atoms with Crippen LogP contribution in [-0.4, -0.2) is 62.7 Å². The zero-order valence-electron chi connectivity index (χ0n) is 26.7. The molecule has 0 saturated carbocycles. The van der Waals surface area contributed by atoms with Gasteiger partial charge in [0.05, 0.1) is 29.2 Å². The van der Waals surface area contributed by atoms with Crippen molar-refractivity contribution in [2.45, 2.75) is 69.5 Å². The molecule has 13 heteroatoms. The molecule has 0 aliphatic heterocycles. The fourth-order valence-electron chi connectivity index (χ4n) is 4.11. The summed E-state index contributed by atoms with van der Waals surface area (Å²) >= 11 is 0. The Morgan fingerprint density at radius 3 is 2.37 bits per heavy atom. The third kappa shape index (κ3) is 7.28. The van der Waals surface area contributed by atoms with Gasteiger partial charge in [-0.1, -0.05) is 59.1 Å². The molecule has 3 heterocycles. The van der Waals surface area contributed by atoms with Crippen molar-refractivity contribution >= 4 is 48.8 Å². The number of fused-ring (bicyclic) bond motifs is 1. The lowest BCUT2D eigenvalue weighted by Crippen LogP contribution is -2.40. The molecule has 0 aliphatic carbocycles. The molecule has 0 bridgehead atoms. The van der Waals surface area contributed by atoms with E-state index in [-0.39, 0.29) is 16.7 Å². The Bertz CT molecular complexity index is 1700. The van der Waals surface area contributed by atoms with Crippen LogP contribution in [0, 0.1) is 0 Å². The highest BCUT2D eigenvalue weighted by atomic mass is 32.2. The summed E-state index contributed by atoms with van der Waals surface area (Å²) < 4.78 is 45.0. The summed E-state index contributed by atoms with van der Waals surface area (Å²) in [7, 11) is -5.67. The van der Waals surface area contributed by atoms with Gasteiger partial charge < -0.3 is 9.16 Å². The standard InChI is InChI=1S/C30H44N6O4SSi2/c1-23(40-43(9,10)30(2,3)4)25-19-33-35(21-25)28-15-14-26(20-31-28)41(37,38)36(22-39-16-17-42(6,7)8)27-13-11-12-24-18-32-34(5)29(24)27/h11-15,18-21H,1,16-17,22H2,2-10H3. The first-order valence-electron chi connectivity index (χ1n) is 14.3. The van der Waals surface area contributed by atoms with Crippen molar-refractivity contribution in [2.24, 2.45) is 7.05 Å². The van der Waals surface area contributed by atoms with Crippen LogP contribution in [0.4, 0.5) is 5.69 Å². The Hall–Kier alpha value is -3.27. The zero-order valence-corrected chi connectivity index (χ0v) is 29.6. The molecule has 0 N–H and O–H groups in total. The lowest BCUT2D eigenvalue weighted by atomic mass is 10.2. The molecule has 0 fully saturated rings. The lowest BCUT2D eigenvalue weighted by molar-refractivity contribution is 0.156. The number of benzene rings is 1. The van der Waals surface area contributed by atoms with Crippen molar-refractivity contribution < 1.29 is 17.6 Å². The lowest BCUT2D eigenvalue weighted by Gasteiger charge is -2.36. The highest BCUT2D eigenvalue weighted by Gasteiger charge is 2.39. The van der Waals surface area contributed by atoms with Gasteiger partial charge in [0.1, 0.15) is 17.4 Å². The molecule has 1 aromatic carbocycles. The maximum Gasteiger partial charge on any atom is 0.267 e. The first kappa shape index (κ1) is 32.6. The summed E-state index contributed by atoms with van der Waals surface area (Å²) in [4.78, 5) is 4.50. The van der Waals surface area contributed by atoms with Crippen LogP contribution in [0.15, 0.2) is 66.6 Å². The number of para-hydroxylation sites is 1. The second kappa shape index (κ2) is 12.0. The van der Waals surface area contributed by atoms with E-state index in [9.17, 15) is 8.42 Å². The van der Waals surface area contributed by atoms with Crippen LogP contribution >= 0.6 is 0 Å². The Morgan fingerprint density at radius 1 is 1.02 bits per heavy atom. The predicted molar refractivity (Wildman–Crippen MR) is 178 cm³/mol. The predicted octanol–water partition coefficient (Wildman–Crippen LogP) is 6.65. The maximum atomic E-state index is 14.1. The van der Waals surface area contributed by atoms with Crippen LogP contribution in [0.2, 0.25) is 43.8 Å². The molecule has 0 aliphatic rings. The highest BCUT2D eigenvalue weighted by molar-refractivity contribution is 7.92. The average Bonchev–Trinajstić information content (AvgIpc) is 3.55. The van der Waals surface area contributed by atoms with Gasteiger partial charge in [0, 0.05) is 39.5 Å². The quantitative estimate of drug-likeness (QED) is 0.0739. The van der Waals surface area contributed by atoms with Crippen molar-refractivity contribution in [1.82, 2.24) is 24.5 Å². The van der Waals surface area contributed by atoms with Crippen LogP contribution in [0.25, 0.3) is 22.5 Å². The fourth-order valence-corrected chi connectivity index (χ4v) is 7.20. The van der Waals surface area contributed by atoms with Crippen molar-refractivity contribution in [2.75, 3.05) is 17.6 Å². The van der Waals surface area contributed by atoms with E-state index in [4.69, 9.17) is 9.16 Å². The molecule has 0 atom stereocenters. The molecular formula is C30H44N6O4SSi2. The molecule has 0 radical (unpaired) electrons. The maximum absolute atomic E-state index is 14.1. The van der Waals surface area contributed by atoms with Gasteiger partial charge in [0.15, 0.2) is 5.82 Å². The minimum absolute atomic E-state index is 0.0321. The van der Waals surface area contributed by atoms with E-state index in [1.165, 1.54) is 10.5 Å². The summed E-state index contributed by atoms with van der Waals surface area (Å²) in [6, 6.07) is 9.60. The molecule has 3 aromatic heterocycles. The average molecular weight is 641 g/mol. The SMILES string of the molecule is C=C(O[Si](C)(C)C(C)(C)C)c1cnn(-c2ccc(S(=O)(=O)N(COCC[Si](C)(C)C)c3cccc4cnn(C)c34)cn2)c1. The van der Waals surface area contributed by atoms with Gasteiger partial charge in [0.2, 0.25) is 8.32 Å². The van der Waals surface area contributed by atoms with Gasteiger partial charge in [-0.05, 0) is 42.4 Å². The minimum Gasteiger partial charge on any atom is -0.543 e. The Kier molecular flexibility index (Phi) is 9.13. The highest BCUT2D eigenvalue weighted by Crippen LogP contribution is 2.39. The first-order valence-corrected chi connectivity index (χ1v) is 22.4. The Balaban J connectivity index is 1.61. The number of aromatic nitrogens is 5. The largest absolute Gasteiger partial charge is 0.543 e. The zero-order chi connectivity index (χ0) is 31.8. The number of nitrogens with zero attached hydrogens (tertiary/aromatic N) is 6. The van der Waals surface area contributed by atoms with Crippen molar-refractivity contribution in [3.8, 4) is 5.82 Å². The molecule has 10 nitrogen and oxygen atoms in total. The molecule has 4 rings (SSSR count). The van der Waals surface area contributed by atoms with Crippen molar-refractivity contribution in [3.05, 3.63) is 67.3 Å². The number of rotatable bonds is 12. The van der Waals surface area contributed by atoms with Gasteiger partial charge in [0.25, 0.3) is 10.0 Å². The van der Waals surface area contributed by atoms with Crippen LogP contribution < -0.4 is 4.31 Å². The number of anilines is 1. The van der Waals surface area contributed by atoms with Gasteiger partial charge in [-0.25, -0.2) is 22.4 Å². The van der Waals surface area contributed by atoms with E-state index in [1.807, 2.05) is 12.1 Å². The molecule has 0 spiro atoms. The third-order valence-corrected chi connectivity index (χ3v) is 15.6. The van der Waals surface area contributed by atoms with Crippen LogP contribution in [0.3, 0.4) is 0 Å². The first-order chi connectivity index (χ1) is 19.9. The van der Waals surface area contributed by atoms with E-state index in [1.54, 1.807) is 53.2 Å². The summed E-state index contributed by atoms with van der Waals surface area (Å²) in [6.45, 7) is 22.1. The number of aryl methyl sites for hydroxylation is 1. The topological polar surface area (TPSA) is 104 Å². The van der Waals surface area contributed by atoms with Crippen LogP contribution in [-0.2, 0) is 26.2 Å². The van der Waals surface area contributed by atoms with Crippen LogP contribution in [0.5, 0.6) is 0 Å². The summed E-state index contributed by atoms with van der Waals surface area (Å²) in [5.74, 6) is 1.03. The second-order valence-electron chi connectivity index (χ2n) is 13.5. The number of sulfonamides is 1. The van der Waals surface area contributed by atoms with E-state index in [0.717, 1.165) is 17.0 Å². The molecule has 0 saturated heterocycles. The minimum atomic E-state index is -4.04. The van der Waals surface area contributed by atoms with E-state index < -0.39 is 26.4 Å². The smallest absolute Gasteiger partial charge is 0.267 e. The number of pyridine rings is 1. The Morgan fingerprint density at radius 2 is 1.74 bits per heavy atom. The second-order valence-corrected chi connectivity index (χ2v) is 25.7. The molecule has 4 aromatic rings. The molecular weight excluding hydrogens is 597 g/mol. The van der Waals surface area contributed by atoms with Gasteiger partial charge in [-0.3, -0.25) is 4.68 Å². The van der Waals surface area contributed by atoms with E-state index >= 15 is 0 Å². The van der Waals surface area contributed by atoms with Gasteiger partial charge in [-0.15, -0.1) is 0 Å². The number of hydrogen-bond donors (Lipinski definition) is 0. The summed E-state index contributed by atoms with van der Waals surface area (Å²) in [5.41, 5.74) is 1.94. The number of ether oxygens (including phenoxy) is 1. The summed E-state index contributed by atoms with van der Waals surface area (Å²) in [5, 5.41) is 9.63. The van der Waals surface area contributed by atoms with Crippen LogP contribution in [0.1, 0.15) is 26.3 Å². The van der Waals surface area contributed by atoms with E-state index in [2.05, 4.69) is 75.3 Å². The monoisotopic (exact) mass is 640 g/mol. The van der Waals surface area contributed by atoms with Crippen molar-refractivity contribution in [3.63, 3.8) is 0 Å². The molecule has 232 valence electrons.